The third-order valence-electron chi connectivity index (χ3n) is 3.80. The van der Waals surface area contributed by atoms with Crippen LogP contribution in [0.3, 0.4) is 0 Å². The smallest absolute Gasteiger partial charge is 0.240 e. The summed E-state index contributed by atoms with van der Waals surface area (Å²) in [5.74, 6) is -0.768. The van der Waals surface area contributed by atoms with Gasteiger partial charge < -0.3 is 4.90 Å². The molecule has 0 aromatic heterocycles. The normalized spacial score (nSPS) is 11.4. The first-order valence-electron chi connectivity index (χ1n) is 7.92. The zero-order valence-electron chi connectivity index (χ0n) is 14.7. The number of sulfonamides is 1. The molecule has 0 aliphatic heterocycles. The van der Waals surface area contributed by atoms with Gasteiger partial charge in [0.25, 0.3) is 0 Å². The van der Waals surface area contributed by atoms with E-state index >= 15 is 0 Å². The summed E-state index contributed by atoms with van der Waals surface area (Å²) in [5.41, 5.74) is 2.36. The average molecular weight is 399 g/mol. The van der Waals surface area contributed by atoms with E-state index in [2.05, 4.69) is 4.72 Å². The number of hydrogen-bond acceptors (Lipinski definition) is 3. The Hall–Kier alpha value is -1.96. The van der Waals surface area contributed by atoms with E-state index in [9.17, 15) is 17.6 Å². The monoisotopic (exact) mass is 398 g/mol. The molecular formula is C18H20ClFN2O3S. The Morgan fingerprint density at radius 2 is 1.81 bits per heavy atom. The number of benzene rings is 2. The average Bonchev–Trinajstić information content (AvgIpc) is 2.52. The number of hydrogen-bond donors (Lipinski definition) is 1. The molecule has 26 heavy (non-hydrogen) atoms. The molecule has 0 fully saturated rings. The molecule has 2 aromatic carbocycles. The molecule has 0 aliphatic rings. The van der Waals surface area contributed by atoms with Crippen molar-refractivity contribution in [3.05, 3.63) is 58.4 Å². The lowest BCUT2D eigenvalue weighted by Gasteiger charge is -2.25. The Kier molecular flexibility index (Phi) is 6.39. The van der Waals surface area contributed by atoms with Crippen LogP contribution in [-0.2, 0) is 14.8 Å². The van der Waals surface area contributed by atoms with Gasteiger partial charge in [-0.2, -0.15) is 0 Å². The lowest BCUT2D eigenvalue weighted by Crippen LogP contribution is -2.38. The molecule has 2 aromatic rings. The molecule has 0 spiro atoms. The standard InChI is InChI=1S/C18H20ClFN2O3S/c1-12-10-13(2)18(17(19)11-12)22(14(3)23)9-8-21-26(24,25)16-6-4-15(20)5-7-16/h4-7,10-11,21H,8-9H2,1-3H3. The highest BCUT2D eigenvalue weighted by Gasteiger charge is 2.19. The Balaban J connectivity index is 2.15. The zero-order chi connectivity index (χ0) is 19.5. The second-order valence-electron chi connectivity index (χ2n) is 5.93. The van der Waals surface area contributed by atoms with Gasteiger partial charge in [-0.05, 0) is 55.3 Å². The van der Waals surface area contributed by atoms with Gasteiger partial charge in [-0.25, -0.2) is 17.5 Å². The molecule has 5 nitrogen and oxygen atoms in total. The highest BCUT2D eigenvalue weighted by molar-refractivity contribution is 7.89. The predicted octanol–water partition coefficient (Wildman–Crippen LogP) is 3.43. The molecule has 2 rings (SSSR count). The van der Waals surface area contributed by atoms with E-state index in [1.807, 2.05) is 19.9 Å². The largest absolute Gasteiger partial charge is 0.310 e. The number of anilines is 1. The van der Waals surface area contributed by atoms with Crippen LogP contribution in [0.25, 0.3) is 0 Å². The molecular weight excluding hydrogens is 379 g/mol. The first kappa shape index (κ1) is 20.4. The summed E-state index contributed by atoms with van der Waals surface area (Å²) in [6.45, 7) is 5.23. The van der Waals surface area contributed by atoms with Gasteiger partial charge in [-0.15, -0.1) is 0 Å². The van der Waals surface area contributed by atoms with Crippen LogP contribution in [0.5, 0.6) is 0 Å². The van der Waals surface area contributed by atoms with E-state index in [0.717, 1.165) is 23.3 Å². The maximum atomic E-state index is 12.9. The van der Waals surface area contributed by atoms with Crippen molar-refractivity contribution in [3.63, 3.8) is 0 Å². The van der Waals surface area contributed by atoms with E-state index in [0.29, 0.717) is 10.7 Å². The molecule has 0 saturated heterocycles. The molecule has 0 aliphatic carbocycles. The topological polar surface area (TPSA) is 66.5 Å². The van der Waals surface area contributed by atoms with Crippen LogP contribution in [0.2, 0.25) is 5.02 Å². The Bertz CT molecular complexity index is 892. The quantitative estimate of drug-likeness (QED) is 0.810. The van der Waals surface area contributed by atoms with Gasteiger partial charge in [-0.1, -0.05) is 17.7 Å². The number of rotatable bonds is 6. The van der Waals surface area contributed by atoms with Crippen LogP contribution in [0, 0.1) is 19.7 Å². The van der Waals surface area contributed by atoms with Crippen molar-refractivity contribution in [1.82, 2.24) is 4.72 Å². The molecule has 0 unspecified atom stereocenters. The fourth-order valence-electron chi connectivity index (χ4n) is 2.67. The number of nitrogens with one attached hydrogen (secondary N) is 1. The molecule has 0 atom stereocenters. The third kappa shape index (κ3) is 4.81. The van der Waals surface area contributed by atoms with Crippen molar-refractivity contribution < 1.29 is 17.6 Å². The number of carbonyl (C=O) groups is 1. The summed E-state index contributed by atoms with van der Waals surface area (Å²) in [6.07, 6.45) is 0. The first-order chi connectivity index (χ1) is 12.1. The number of carbonyl (C=O) groups excluding carboxylic acids is 1. The molecule has 0 heterocycles. The third-order valence-corrected chi connectivity index (χ3v) is 5.56. The summed E-state index contributed by atoms with van der Waals surface area (Å²) < 4.78 is 39.8. The van der Waals surface area contributed by atoms with Crippen molar-refractivity contribution in [2.75, 3.05) is 18.0 Å². The lowest BCUT2D eigenvalue weighted by atomic mass is 10.1. The van der Waals surface area contributed by atoms with E-state index in [-0.39, 0.29) is 23.9 Å². The lowest BCUT2D eigenvalue weighted by molar-refractivity contribution is -0.116. The minimum absolute atomic E-state index is 0.0110. The van der Waals surface area contributed by atoms with Crippen LogP contribution in [0.15, 0.2) is 41.3 Å². The Morgan fingerprint density at radius 1 is 1.19 bits per heavy atom. The van der Waals surface area contributed by atoms with E-state index in [4.69, 9.17) is 11.6 Å². The molecule has 140 valence electrons. The van der Waals surface area contributed by atoms with Gasteiger partial charge in [0.05, 0.1) is 15.6 Å². The van der Waals surface area contributed by atoms with Crippen LogP contribution >= 0.6 is 11.6 Å². The van der Waals surface area contributed by atoms with Crippen molar-refractivity contribution in [3.8, 4) is 0 Å². The molecule has 8 heteroatoms. The number of halogens is 2. The summed E-state index contributed by atoms with van der Waals surface area (Å²) in [5, 5.41) is 0.430. The number of amides is 1. The molecule has 1 N–H and O–H groups in total. The van der Waals surface area contributed by atoms with Gasteiger partial charge in [0.2, 0.25) is 15.9 Å². The number of nitrogens with zero attached hydrogens (tertiary/aromatic N) is 1. The minimum Gasteiger partial charge on any atom is -0.310 e. The second kappa shape index (κ2) is 8.16. The minimum atomic E-state index is -3.80. The highest BCUT2D eigenvalue weighted by atomic mass is 35.5. The van der Waals surface area contributed by atoms with Gasteiger partial charge in [0, 0.05) is 20.0 Å². The van der Waals surface area contributed by atoms with Gasteiger partial charge in [-0.3, -0.25) is 4.79 Å². The van der Waals surface area contributed by atoms with E-state index < -0.39 is 15.8 Å². The maximum absolute atomic E-state index is 12.9. The Labute approximate surface area is 157 Å². The van der Waals surface area contributed by atoms with Crippen LogP contribution in [0.4, 0.5) is 10.1 Å². The molecule has 0 radical (unpaired) electrons. The first-order valence-corrected chi connectivity index (χ1v) is 9.78. The second-order valence-corrected chi connectivity index (χ2v) is 8.11. The van der Waals surface area contributed by atoms with Crippen molar-refractivity contribution in [2.24, 2.45) is 0 Å². The van der Waals surface area contributed by atoms with Gasteiger partial charge in [0.1, 0.15) is 5.82 Å². The summed E-state index contributed by atoms with van der Waals surface area (Å²) in [4.78, 5) is 13.4. The van der Waals surface area contributed by atoms with Crippen molar-refractivity contribution >= 4 is 33.2 Å². The molecule has 0 bridgehead atoms. The summed E-state index contributed by atoms with van der Waals surface area (Å²) >= 11 is 6.29. The van der Waals surface area contributed by atoms with Crippen LogP contribution in [-0.4, -0.2) is 27.4 Å². The zero-order valence-corrected chi connectivity index (χ0v) is 16.3. The Morgan fingerprint density at radius 3 is 2.35 bits per heavy atom. The number of aryl methyl sites for hydroxylation is 2. The molecule has 1 amide bonds. The van der Waals surface area contributed by atoms with Gasteiger partial charge in [0.15, 0.2) is 0 Å². The van der Waals surface area contributed by atoms with Crippen molar-refractivity contribution in [1.29, 1.82) is 0 Å². The van der Waals surface area contributed by atoms with Crippen molar-refractivity contribution in [2.45, 2.75) is 25.7 Å². The van der Waals surface area contributed by atoms with Crippen LogP contribution in [0.1, 0.15) is 18.1 Å². The molecule has 0 saturated carbocycles. The maximum Gasteiger partial charge on any atom is 0.240 e. The summed E-state index contributed by atoms with van der Waals surface area (Å²) in [7, 11) is -3.80. The summed E-state index contributed by atoms with van der Waals surface area (Å²) in [6, 6.07) is 8.17. The fourth-order valence-corrected chi connectivity index (χ4v) is 4.11. The van der Waals surface area contributed by atoms with Gasteiger partial charge >= 0.3 is 0 Å². The van der Waals surface area contributed by atoms with E-state index in [1.165, 1.54) is 24.0 Å². The highest BCUT2D eigenvalue weighted by Crippen LogP contribution is 2.31. The van der Waals surface area contributed by atoms with Crippen LogP contribution < -0.4 is 9.62 Å². The fraction of sp³-hybridized carbons (Fsp3) is 0.278. The predicted molar refractivity (Wildman–Crippen MR) is 101 cm³/mol. The SMILES string of the molecule is CC(=O)N(CCNS(=O)(=O)c1ccc(F)cc1)c1c(C)cc(C)cc1Cl. The van der Waals surface area contributed by atoms with E-state index in [1.54, 1.807) is 6.07 Å².